The van der Waals surface area contributed by atoms with Crippen molar-refractivity contribution in [2.24, 2.45) is 0 Å². The lowest BCUT2D eigenvalue weighted by Crippen LogP contribution is -2.05. The Kier molecular flexibility index (Phi) is 3.31. The number of allylic oxidation sites excluding steroid dienone is 1. The van der Waals surface area contributed by atoms with Gasteiger partial charge >= 0.3 is 6.18 Å². The van der Waals surface area contributed by atoms with Crippen molar-refractivity contribution < 1.29 is 18.1 Å². The fourth-order valence-electron chi connectivity index (χ4n) is 1.17. The quantitative estimate of drug-likeness (QED) is 0.578. The van der Waals surface area contributed by atoms with E-state index in [2.05, 4.69) is 0 Å². The van der Waals surface area contributed by atoms with Crippen LogP contribution in [0.2, 0.25) is 0 Å². The molecule has 0 fully saturated rings. The highest BCUT2D eigenvalue weighted by Gasteiger charge is 2.30. The van der Waals surface area contributed by atoms with Gasteiger partial charge in [-0.05, 0) is 24.6 Å². The summed E-state index contributed by atoms with van der Waals surface area (Å²) in [7, 11) is 0. The molecule has 0 spiro atoms. The minimum atomic E-state index is -4.44. The van der Waals surface area contributed by atoms with Gasteiger partial charge in [-0.25, -0.2) is 0 Å². The molecule has 0 aliphatic heterocycles. The average molecular weight is 231 g/mol. The monoisotopic (exact) mass is 231 g/mol. The van der Waals surface area contributed by atoms with Crippen molar-refractivity contribution in [2.75, 3.05) is 0 Å². The molecule has 0 aromatic heterocycles. The molecule has 86 valence electrons. The summed E-state index contributed by atoms with van der Waals surface area (Å²) in [5.74, 6) is 0. The van der Waals surface area contributed by atoms with Gasteiger partial charge in [-0.15, -0.1) is 0 Å². The van der Waals surface area contributed by atoms with Crippen LogP contribution in [0.3, 0.4) is 0 Å². The molecule has 0 radical (unpaired) electrons. The van der Waals surface area contributed by atoms with E-state index in [1.807, 2.05) is 0 Å². The standard InChI is InChI=1S/C10H8F3NO2/c1-7(6-14(15)16)8-3-2-4-9(5-8)10(11,12)13/h2-6H,1H3/b7-6+. The number of nitrogens with zero attached hydrogens (tertiary/aromatic N) is 1. The molecule has 0 bridgehead atoms. The Balaban J connectivity index is 3.13. The van der Waals surface area contributed by atoms with E-state index in [0.29, 0.717) is 6.20 Å². The molecule has 0 heterocycles. The first-order chi connectivity index (χ1) is 7.30. The maximum Gasteiger partial charge on any atom is 0.416 e. The molecule has 0 atom stereocenters. The van der Waals surface area contributed by atoms with Crippen LogP contribution in [0.25, 0.3) is 5.57 Å². The molecular formula is C10H8F3NO2. The van der Waals surface area contributed by atoms with Crippen LogP contribution in [-0.2, 0) is 6.18 Å². The van der Waals surface area contributed by atoms with Gasteiger partial charge in [0.05, 0.1) is 10.5 Å². The molecule has 1 aromatic rings. The van der Waals surface area contributed by atoms with E-state index in [9.17, 15) is 23.3 Å². The Labute approximate surface area is 89.4 Å². The van der Waals surface area contributed by atoms with Gasteiger partial charge in [-0.1, -0.05) is 12.1 Å². The predicted molar refractivity (Wildman–Crippen MR) is 52.1 cm³/mol. The molecule has 16 heavy (non-hydrogen) atoms. The van der Waals surface area contributed by atoms with E-state index in [-0.39, 0.29) is 11.1 Å². The molecule has 6 heteroatoms. The highest BCUT2D eigenvalue weighted by molar-refractivity contribution is 5.63. The number of halogens is 3. The topological polar surface area (TPSA) is 43.1 Å². The van der Waals surface area contributed by atoms with E-state index in [1.165, 1.54) is 19.1 Å². The lowest BCUT2D eigenvalue weighted by Gasteiger charge is -2.07. The van der Waals surface area contributed by atoms with Gasteiger partial charge in [0.2, 0.25) is 6.20 Å². The summed E-state index contributed by atoms with van der Waals surface area (Å²) in [6, 6.07) is 4.41. The van der Waals surface area contributed by atoms with Gasteiger partial charge in [0.15, 0.2) is 0 Å². The second kappa shape index (κ2) is 4.34. The average Bonchev–Trinajstić information content (AvgIpc) is 2.15. The van der Waals surface area contributed by atoms with Crippen LogP contribution in [0.4, 0.5) is 13.2 Å². The zero-order valence-corrected chi connectivity index (χ0v) is 8.28. The summed E-state index contributed by atoms with van der Waals surface area (Å²) in [6.07, 6.45) is -3.76. The number of hydrogen-bond donors (Lipinski definition) is 0. The summed E-state index contributed by atoms with van der Waals surface area (Å²) in [6.45, 7) is 1.39. The minimum Gasteiger partial charge on any atom is -0.259 e. The van der Waals surface area contributed by atoms with Crippen LogP contribution in [0.1, 0.15) is 18.1 Å². The fraction of sp³-hybridized carbons (Fsp3) is 0.200. The molecule has 0 aliphatic carbocycles. The van der Waals surface area contributed by atoms with Gasteiger partial charge < -0.3 is 0 Å². The second-order valence-corrected chi connectivity index (χ2v) is 3.18. The SMILES string of the molecule is C/C(=C\[N+](=O)[O-])c1cccc(C(F)(F)F)c1. The zero-order chi connectivity index (χ0) is 12.3. The highest BCUT2D eigenvalue weighted by Crippen LogP contribution is 2.30. The van der Waals surface area contributed by atoms with Gasteiger partial charge in [-0.3, -0.25) is 10.1 Å². The summed E-state index contributed by atoms with van der Waals surface area (Å²) in [5.41, 5.74) is -0.455. The third-order valence-corrected chi connectivity index (χ3v) is 1.94. The fourth-order valence-corrected chi connectivity index (χ4v) is 1.17. The van der Waals surface area contributed by atoms with Crippen molar-refractivity contribution in [2.45, 2.75) is 13.1 Å². The Morgan fingerprint density at radius 2 is 2.06 bits per heavy atom. The van der Waals surface area contributed by atoms with Crippen molar-refractivity contribution in [3.05, 3.63) is 51.7 Å². The molecule has 1 aromatic carbocycles. The Bertz CT molecular complexity index is 438. The van der Waals surface area contributed by atoms with E-state index in [0.717, 1.165) is 12.1 Å². The Morgan fingerprint density at radius 3 is 2.56 bits per heavy atom. The third-order valence-electron chi connectivity index (χ3n) is 1.94. The number of alkyl halides is 3. The number of nitro groups is 1. The lowest BCUT2D eigenvalue weighted by molar-refractivity contribution is -0.401. The van der Waals surface area contributed by atoms with Crippen LogP contribution in [0, 0.1) is 10.1 Å². The summed E-state index contributed by atoms with van der Waals surface area (Å²) < 4.78 is 37.0. The van der Waals surface area contributed by atoms with E-state index < -0.39 is 16.7 Å². The maximum atomic E-state index is 12.3. The van der Waals surface area contributed by atoms with Crippen LogP contribution >= 0.6 is 0 Å². The number of hydrogen-bond acceptors (Lipinski definition) is 2. The van der Waals surface area contributed by atoms with E-state index >= 15 is 0 Å². The van der Waals surface area contributed by atoms with Crippen molar-refractivity contribution in [3.8, 4) is 0 Å². The Hall–Kier alpha value is -1.85. The van der Waals surface area contributed by atoms with E-state index in [4.69, 9.17) is 0 Å². The van der Waals surface area contributed by atoms with Crippen LogP contribution in [0.5, 0.6) is 0 Å². The summed E-state index contributed by atoms with van der Waals surface area (Å²) in [4.78, 5) is 9.47. The van der Waals surface area contributed by atoms with Gasteiger partial charge in [0.25, 0.3) is 0 Å². The van der Waals surface area contributed by atoms with Gasteiger partial charge in [0.1, 0.15) is 0 Å². The molecular weight excluding hydrogens is 223 g/mol. The second-order valence-electron chi connectivity index (χ2n) is 3.18. The van der Waals surface area contributed by atoms with Crippen molar-refractivity contribution in [3.63, 3.8) is 0 Å². The third kappa shape index (κ3) is 3.08. The highest BCUT2D eigenvalue weighted by atomic mass is 19.4. The number of benzene rings is 1. The molecule has 0 saturated carbocycles. The number of rotatable bonds is 2. The largest absolute Gasteiger partial charge is 0.416 e. The molecule has 0 amide bonds. The lowest BCUT2D eigenvalue weighted by atomic mass is 10.1. The maximum absolute atomic E-state index is 12.3. The van der Waals surface area contributed by atoms with E-state index in [1.54, 1.807) is 0 Å². The van der Waals surface area contributed by atoms with Crippen molar-refractivity contribution >= 4 is 5.57 Å². The molecule has 0 N–H and O–H groups in total. The first-order valence-electron chi connectivity index (χ1n) is 4.30. The van der Waals surface area contributed by atoms with Crippen LogP contribution in [0.15, 0.2) is 30.5 Å². The minimum absolute atomic E-state index is 0.177. The molecule has 0 aliphatic rings. The first kappa shape index (κ1) is 12.2. The first-order valence-corrected chi connectivity index (χ1v) is 4.30. The molecule has 0 unspecified atom stereocenters. The van der Waals surface area contributed by atoms with Crippen molar-refractivity contribution in [1.29, 1.82) is 0 Å². The Morgan fingerprint density at radius 1 is 1.44 bits per heavy atom. The van der Waals surface area contributed by atoms with Gasteiger partial charge in [-0.2, -0.15) is 13.2 Å². The molecule has 3 nitrogen and oxygen atoms in total. The smallest absolute Gasteiger partial charge is 0.259 e. The normalized spacial score (nSPS) is 12.6. The van der Waals surface area contributed by atoms with Crippen LogP contribution in [-0.4, -0.2) is 4.92 Å². The predicted octanol–water partition coefficient (Wildman–Crippen LogP) is 3.34. The van der Waals surface area contributed by atoms with Gasteiger partial charge in [0, 0.05) is 5.57 Å². The molecule has 0 saturated heterocycles. The summed E-state index contributed by atoms with van der Waals surface area (Å²) in [5, 5.41) is 10.2. The molecule has 1 rings (SSSR count). The van der Waals surface area contributed by atoms with Crippen molar-refractivity contribution in [1.82, 2.24) is 0 Å². The zero-order valence-electron chi connectivity index (χ0n) is 8.28. The summed E-state index contributed by atoms with van der Waals surface area (Å²) >= 11 is 0. The van der Waals surface area contributed by atoms with Crippen LogP contribution < -0.4 is 0 Å².